The molecule has 1 heterocycles. The Bertz CT molecular complexity index is 1100. The Morgan fingerprint density at radius 3 is 2.47 bits per heavy atom. The van der Waals surface area contributed by atoms with Crippen LogP contribution in [-0.2, 0) is 0 Å². The van der Waals surface area contributed by atoms with E-state index in [0.717, 1.165) is 22.4 Å². The third-order valence-corrected chi connectivity index (χ3v) is 5.79. The van der Waals surface area contributed by atoms with E-state index in [1.807, 2.05) is 62.6 Å². The summed E-state index contributed by atoms with van der Waals surface area (Å²) in [6.45, 7) is -2.93. The summed E-state index contributed by atoms with van der Waals surface area (Å²) in [5.74, 6) is 0.566. The topological polar surface area (TPSA) is 44.5 Å². The molecule has 154 valence electrons. The smallest absolute Gasteiger partial charge is 0.387 e. The van der Waals surface area contributed by atoms with E-state index in [0.29, 0.717) is 16.4 Å². The van der Waals surface area contributed by atoms with Crippen molar-refractivity contribution in [1.82, 2.24) is 4.48 Å². The van der Waals surface area contributed by atoms with Crippen LogP contribution in [0, 0.1) is 0 Å². The van der Waals surface area contributed by atoms with Crippen molar-refractivity contribution in [1.29, 1.82) is 0 Å². The van der Waals surface area contributed by atoms with Gasteiger partial charge in [-0.1, -0.05) is 36.4 Å². The second kappa shape index (κ2) is 7.66. The highest BCUT2D eigenvalue weighted by Crippen LogP contribution is 2.50. The zero-order valence-electron chi connectivity index (χ0n) is 16.5. The van der Waals surface area contributed by atoms with Crippen molar-refractivity contribution in [3.05, 3.63) is 77.9 Å². The number of hydrogen-bond donors (Lipinski definition) is 1. The zero-order chi connectivity index (χ0) is 21.5. The molecular weight excluding hydrogens is 406 g/mol. The molecule has 0 radical (unpaired) electrons. The molecule has 1 unspecified atom stereocenters. The van der Waals surface area contributed by atoms with Gasteiger partial charge in [-0.05, 0) is 29.3 Å². The van der Waals surface area contributed by atoms with Crippen LogP contribution in [0.4, 0.5) is 14.5 Å². The number of benzene rings is 3. The predicted octanol–water partition coefficient (Wildman–Crippen LogP) is 5.25. The predicted molar refractivity (Wildman–Crippen MR) is 118 cm³/mol. The molecule has 30 heavy (non-hydrogen) atoms. The van der Waals surface area contributed by atoms with Gasteiger partial charge in [-0.3, -0.25) is 0 Å². The number of alkyl halides is 2. The number of nitrogens with zero attached hydrogens (tertiary/aromatic N) is 1. The van der Waals surface area contributed by atoms with Gasteiger partial charge in [-0.2, -0.15) is 8.78 Å². The van der Waals surface area contributed by atoms with E-state index in [9.17, 15) is 8.78 Å². The largest absolute Gasteiger partial charge is 0.480 e. The second-order valence-corrected chi connectivity index (χ2v) is 7.90. The molecule has 4 rings (SSSR count). The van der Waals surface area contributed by atoms with Crippen LogP contribution in [0.3, 0.4) is 0 Å². The lowest BCUT2D eigenvalue weighted by Crippen LogP contribution is -2.50. The lowest BCUT2D eigenvalue weighted by Gasteiger charge is -2.32. The molecule has 1 aliphatic rings. The van der Waals surface area contributed by atoms with E-state index in [1.54, 1.807) is 12.1 Å². The first-order valence-corrected chi connectivity index (χ1v) is 9.78. The van der Waals surface area contributed by atoms with Crippen molar-refractivity contribution in [2.24, 2.45) is 5.73 Å². The molecule has 0 amide bonds. The van der Waals surface area contributed by atoms with E-state index in [4.69, 9.17) is 27.4 Å². The Kier molecular flexibility index (Phi) is 5.17. The van der Waals surface area contributed by atoms with E-state index in [2.05, 4.69) is 0 Å². The van der Waals surface area contributed by atoms with E-state index >= 15 is 0 Å². The highest BCUT2D eigenvalue weighted by molar-refractivity contribution is 7.80. The average Bonchev–Trinajstić information content (AvgIpc) is 2.72. The average molecular weight is 427 g/mol. The minimum atomic E-state index is -2.93. The van der Waals surface area contributed by atoms with Gasteiger partial charge in [0, 0.05) is 29.9 Å². The summed E-state index contributed by atoms with van der Waals surface area (Å²) in [5.41, 5.74) is 9.87. The van der Waals surface area contributed by atoms with Gasteiger partial charge >= 0.3 is 6.61 Å². The van der Waals surface area contributed by atoms with Crippen molar-refractivity contribution in [2.75, 3.05) is 14.1 Å². The molecule has 0 spiro atoms. The minimum Gasteiger partial charge on any atom is -0.480 e. The lowest BCUT2D eigenvalue weighted by atomic mass is 9.88. The van der Waals surface area contributed by atoms with Gasteiger partial charge in [-0.15, -0.1) is 0 Å². The fourth-order valence-electron chi connectivity index (χ4n) is 3.60. The van der Waals surface area contributed by atoms with Crippen LogP contribution in [0.25, 0.3) is 11.1 Å². The number of thiocarbonyl (C=S) groups is 1. The summed E-state index contributed by atoms with van der Waals surface area (Å²) in [6.07, 6.45) is -0.415. The third kappa shape index (κ3) is 3.51. The van der Waals surface area contributed by atoms with E-state index < -0.39 is 12.7 Å². The fraction of sp³-hybridized carbons (Fsp3) is 0.174. The molecule has 4 nitrogen and oxygen atoms in total. The molecule has 2 N–H and O–H groups in total. The molecule has 1 aliphatic heterocycles. The van der Waals surface area contributed by atoms with Crippen LogP contribution in [0.15, 0.2) is 66.7 Å². The van der Waals surface area contributed by atoms with E-state index in [1.165, 1.54) is 6.07 Å². The number of rotatable bonds is 4. The normalized spacial score (nSPS) is 15.2. The minimum absolute atomic E-state index is 0.0751. The Balaban J connectivity index is 1.95. The maximum Gasteiger partial charge on any atom is 0.387 e. The van der Waals surface area contributed by atoms with Crippen molar-refractivity contribution in [2.45, 2.75) is 12.7 Å². The third-order valence-electron chi connectivity index (χ3n) is 5.33. The first kappa shape index (κ1) is 20.3. The van der Waals surface area contributed by atoms with Crippen LogP contribution in [-0.4, -0.2) is 25.8 Å². The van der Waals surface area contributed by atoms with Gasteiger partial charge in [0.2, 0.25) is 0 Å². The Labute approximate surface area is 179 Å². The highest BCUT2D eigenvalue weighted by atomic mass is 32.1. The molecule has 0 bridgehead atoms. The van der Waals surface area contributed by atoms with Crippen molar-refractivity contribution >= 4 is 23.0 Å². The maximum absolute atomic E-state index is 13.0. The van der Waals surface area contributed by atoms with Crippen LogP contribution < -0.4 is 19.7 Å². The quantitative estimate of drug-likeness (QED) is 0.456. The number of halogens is 2. The SMILES string of the molecule is C[N+](C)(C(N)=S)c1ccc2c(c1)C(c1ccccc1)Oc1cccc(OC(F)F)c1-2. The Hall–Kier alpha value is -3.03. The molecule has 0 saturated carbocycles. The first-order valence-electron chi connectivity index (χ1n) is 9.37. The van der Waals surface area contributed by atoms with Crippen molar-refractivity contribution < 1.29 is 18.3 Å². The summed E-state index contributed by atoms with van der Waals surface area (Å²) >= 11 is 5.24. The highest BCUT2D eigenvalue weighted by Gasteiger charge is 2.33. The molecule has 7 heteroatoms. The van der Waals surface area contributed by atoms with Gasteiger partial charge in [0.1, 0.15) is 23.3 Å². The number of ether oxygens (including phenoxy) is 2. The number of fused-ring (bicyclic) bond motifs is 3. The van der Waals surface area contributed by atoms with Crippen molar-refractivity contribution in [3.8, 4) is 22.6 Å². The standard InChI is InChI=1S/C23H20F2N2O2S/c1-27(2,23(26)30)15-11-12-16-17(13-15)21(14-7-4-3-5-8-14)28-18-9-6-10-19(20(16)18)29-22(24)25/h3-13,21-22H,1-2H3,(H-,26,30)/p+1. The van der Waals surface area contributed by atoms with Gasteiger partial charge in [0.05, 0.1) is 19.7 Å². The van der Waals surface area contributed by atoms with Crippen molar-refractivity contribution in [3.63, 3.8) is 0 Å². The summed E-state index contributed by atoms with van der Waals surface area (Å²) in [6, 6.07) is 20.4. The molecule has 0 saturated heterocycles. The molecular formula is C23H21F2N2O2S+. The van der Waals surface area contributed by atoms with Gasteiger partial charge in [0.25, 0.3) is 5.11 Å². The number of nitrogens with two attached hydrogens (primary N) is 1. The monoisotopic (exact) mass is 427 g/mol. The Morgan fingerprint density at radius 1 is 1.07 bits per heavy atom. The summed E-state index contributed by atoms with van der Waals surface area (Å²) in [4.78, 5) is 0. The molecule has 0 fully saturated rings. The zero-order valence-corrected chi connectivity index (χ0v) is 17.3. The Morgan fingerprint density at radius 2 is 1.80 bits per heavy atom. The fourth-order valence-corrected chi connectivity index (χ4v) is 3.71. The summed E-state index contributed by atoms with van der Waals surface area (Å²) in [5, 5.41) is 0.310. The molecule has 1 atom stereocenters. The number of hydrogen-bond acceptors (Lipinski definition) is 3. The number of quaternary nitrogens is 1. The molecule has 0 aliphatic carbocycles. The van der Waals surface area contributed by atoms with Crippen LogP contribution >= 0.6 is 12.2 Å². The van der Waals surface area contributed by atoms with E-state index in [-0.39, 0.29) is 10.2 Å². The molecule has 0 aromatic heterocycles. The first-order chi connectivity index (χ1) is 14.3. The second-order valence-electron chi connectivity index (χ2n) is 7.48. The van der Waals surface area contributed by atoms with Crippen LogP contribution in [0.2, 0.25) is 0 Å². The summed E-state index contributed by atoms with van der Waals surface area (Å²) in [7, 11) is 3.79. The van der Waals surface area contributed by atoms with Gasteiger partial charge < -0.3 is 15.2 Å². The van der Waals surface area contributed by atoms with Gasteiger partial charge in [0.15, 0.2) is 0 Å². The summed E-state index contributed by atoms with van der Waals surface area (Å²) < 4.78 is 37.3. The van der Waals surface area contributed by atoms with Gasteiger partial charge in [-0.25, -0.2) is 4.48 Å². The van der Waals surface area contributed by atoms with Crippen LogP contribution in [0.5, 0.6) is 11.5 Å². The van der Waals surface area contributed by atoms with Crippen LogP contribution in [0.1, 0.15) is 17.2 Å². The maximum atomic E-state index is 13.0. The molecule has 3 aromatic carbocycles. The molecule has 3 aromatic rings. The lowest BCUT2D eigenvalue weighted by molar-refractivity contribution is -0.0496.